The van der Waals surface area contributed by atoms with Gasteiger partial charge in [-0.05, 0) is 36.8 Å². The van der Waals surface area contributed by atoms with Crippen LogP contribution < -0.4 is 5.32 Å². The maximum Gasteiger partial charge on any atom is 0.147 e. The van der Waals surface area contributed by atoms with Crippen molar-refractivity contribution < 1.29 is 4.39 Å². The van der Waals surface area contributed by atoms with E-state index in [0.717, 1.165) is 6.42 Å². The maximum absolute atomic E-state index is 13.7. The molecule has 17 heavy (non-hydrogen) atoms. The molecule has 0 amide bonds. The molecule has 0 bridgehead atoms. The monoisotopic (exact) mass is 255 g/mol. The van der Waals surface area contributed by atoms with E-state index in [2.05, 4.69) is 19.2 Å². The molecule has 0 spiro atoms. The summed E-state index contributed by atoms with van der Waals surface area (Å²) in [5.41, 5.74) is 0.458. The minimum absolute atomic E-state index is 0.261. The molecule has 3 atom stereocenters. The van der Waals surface area contributed by atoms with Gasteiger partial charge in [0.1, 0.15) is 5.82 Å². The lowest BCUT2D eigenvalue weighted by molar-refractivity contribution is 0.280. The zero-order chi connectivity index (χ0) is 12.4. The molecule has 94 valence electrons. The lowest BCUT2D eigenvalue weighted by atomic mass is 9.80. The highest BCUT2D eigenvalue weighted by molar-refractivity contribution is 6.33. The average Bonchev–Trinajstić information content (AvgIpc) is 2.28. The van der Waals surface area contributed by atoms with Gasteiger partial charge in [0.25, 0.3) is 0 Å². The van der Waals surface area contributed by atoms with Crippen LogP contribution in [0.5, 0.6) is 0 Å². The minimum Gasteiger partial charge on any atom is -0.378 e. The van der Waals surface area contributed by atoms with Crippen molar-refractivity contribution >= 4 is 17.3 Å². The van der Waals surface area contributed by atoms with Crippen molar-refractivity contribution in [2.75, 3.05) is 5.32 Å². The Labute approximate surface area is 107 Å². The summed E-state index contributed by atoms with van der Waals surface area (Å²) in [4.78, 5) is 0. The van der Waals surface area contributed by atoms with Gasteiger partial charge < -0.3 is 5.32 Å². The Morgan fingerprint density at radius 3 is 2.76 bits per heavy atom. The predicted molar refractivity (Wildman–Crippen MR) is 71.0 cm³/mol. The van der Waals surface area contributed by atoms with Gasteiger partial charge in [0.2, 0.25) is 0 Å². The lowest BCUT2D eigenvalue weighted by Gasteiger charge is -2.34. The number of halogens is 2. The van der Waals surface area contributed by atoms with E-state index >= 15 is 0 Å². The van der Waals surface area contributed by atoms with Crippen molar-refractivity contribution in [1.29, 1.82) is 0 Å². The maximum atomic E-state index is 13.7. The number of para-hydroxylation sites is 1. The molecule has 0 radical (unpaired) electrons. The third-order valence-corrected chi connectivity index (χ3v) is 4.07. The van der Waals surface area contributed by atoms with Crippen molar-refractivity contribution in [2.24, 2.45) is 11.8 Å². The van der Waals surface area contributed by atoms with Crippen molar-refractivity contribution in [3.05, 3.63) is 29.0 Å². The van der Waals surface area contributed by atoms with Crippen molar-refractivity contribution in [3.63, 3.8) is 0 Å². The van der Waals surface area contributed by atoms with Gasteiger partial charge in [-0.3, -0.25) is 0 Å². The molecule has 1 aromatic rings. The Hall–Kier alpha value is -0.760. The molecule has 1 aliphatic carbocycles. The molecular formula is C14H19ClFN. The van der Waals surface area contributed by atoms with Crippen LogP contribution in [0, 0.1) is 17.7 Å². The van der Waals surface area contributed by atoms with E-state index in [9.17, 15) is 4.39 Å². The van der Waals surface area contributed by atoms with Crippen LogP contribution in [0.4, 0.5) is 10.1 Å². The van der Waals surface area contributed by atoms with E-state index in [1.54, 1.807) is 12.1 Å². The molecule has 1 N–H and O–H groups in total. The average molecular weight is 256 g/mol. The number of hydrogen-bond donors (Lipinski definition) is 1. The molecule has 3 heteroatoms. The first kappa shape index (κ1) is 12.7. The molecule has 3 unspecified atom stereocenters. The van der Waals surface area contributed by atoms with E-state index < -0.39 is 0 Å². The second kappa shape index (κ2) is 5.26. The first-order chi connectivity index (χ1) is 8.08. The number of rotatable bonds is 2. The first-order valence-corrected chi connectivity index (χ1v) is 6.66. The fourth-order valence-electron chi connectivity index (χ4n) is 2.55. The Bertz CT molecular complexity index is 374. The Morgan fingerprint density at radius 1 is 1.29 bits per heavy atom. The smallest absolute Gasteiger partial charge is 0.147 e. The number of nitrogens with one attached hydrogen (secondary N) is 1. The van der Waals surface area contributed by atoms with Crippen LogP contribution in [0.15, 0.2) is 18.2 Å². The zero-order valence-electron chi connectivity index (χ0n) is 10.3. The normalized spacial score (nSPS) is 29.1. The summed E-state index contributed by atoms with van der Waals surface area (Å²) < 4.78 is 13.7. The summed E-state index contributed by atoms with van der Waals surface area (Å²) in [7, 11) is 0. The van der Waals surface area contributed by atoms with Crippen LogP contribution in [-0.4, -0.2) is 6.04 Å². The Balaban J connectivity index is 2.14. The first-order valence-electron chi connectivity index (χ1n) is 6.28. The Morgan fingerprint density at radius 2 is 2.06 bits per heavy atom. The SMILES string of the molecule is CC1CCC(C)C(Nc2c(F)cccc2Cl)C1. The van der Waals surface area contributed by atoms with E-state index in [0.29, 0.717) is 28.6 Å². The van der Waals surface area contributed by atoms with Crippen LogP contribution in [-0.2, 0) is 0 Å². The summed E-state index contributed by atoms with van der Waals surface area (Å²) in [6.07, 6.45) is 3.56. The standard InChI is InChI=1S/C14H19ClFN/c1-9-6-7-10(2)13(8-9)17-14-11(15)4-3-5-12(14)16/h3-5,9-10,13,17H,6-8H2,1-2H3. The van der Waals surface area contributed by atoms with E-state index in [4.69, 9.17) is 11.6 Å². The van der Waals surface area contributed by atoms with Gasteiger partial charge in [0.15, 0.2) is 0 Å². The van der Waals surface area contributed by atoms with Gasteiger partial charge in [-0.2, -0.15) is 0 Å². The third-order valence-electron chi connectivity index (χ3n) is 3.75. The molecule has 0 heterocycles. The molecular weight excluding hydrogens is 237 g/mol. The van der Waals surface area contributed by atoms with Gasteiger partial charge in [-0.1, -0.05) is 37.9 Å². The van der Waals surface area contributed by atoms with Crippen molar-refractivity contribution in [3.8, 4) is 0 Å². The number of hydrogen-bond acceptors (Lipinski definition) is 1. The van der Waals surface area contributed by atoms with Crippen molar-refractivity contribution in [2.45, 2.75) is 39.2 Å². The van der Waals surface area contributed by atoms with Gasteiger partial charge >= 0.3 is 0 Å². The summed E-state index contributed by atoms with van der Waals surface area (Å²) in [6.45, 7) is 4.47. The largest absolute Gasteiger partial charge is 0.378 e. The van der Waals surface area contributed by atoms with Crippen LogP contribution >= 0.6 is 11.6 Å². The highest BCUT2D eigenvalue weighted by Crippen LogP contribution is 2.33. The molecule has 2 rings (SSSR count). The summed E-state index contributed by atoms with van der Waals surface area (Å²) in [5.74, 6) is 1.01. The molecule has 1 nitrogen and oxygen atoms in total. The number of anilines is 1. The minimum atomic E-state index is -0.261. The van der Waals surface area contributed by atoms with Crippen LogP contribution in [0.25, 0.3) is 0 Å². The molecule has 0 saturated heterocycles. The van der Waals surface area contributed by atoms with Crippen molar-refractivity contribution in [1.82, 2.24) is 0 Å². The topological polar surface area (TPSA) is 12.0 Å². The summed E-state index contributed by atoms with van der Waals surface area (Å²) >= 11 is 6.03. The summed E-state index contributed by atoms with van der Waals surface area (Å²) in [6, 6.07) is 5.14. The highest BCUT2D eigenvalue weighted by Gasteiger charge is 2.26. The van der Waals surface area contributed by atoms with Gasteiger partial charge in [-0.15, -0.1) is 0 Å². The Kier molecular flexibility index (Phi) is 3.93. The molecule has 1 fully saturated rings. The van der Waals surface area contributed by atoms with E-state index in [-0.39, 0.29) is 5.82 Å². The second-order valence-electron chi connectivity index (χ2n) is 5.24. The molecule has 1 saturated carbocycles. The van der Waals surface area contributed by atoms with Gasteiger partial charge in [0.05, 0.1) is 10.7 Å². The van der Waals surface area contributed by atoms with Crippen LogP contribution in [0.3, 0.4) is 0 Å². The highest BCUT2D eigenvalue weighted by atomic mass is 35.5. The van der Waals surface area contributed by atoms with Crippen LogP contribution in [0.1, 0.15) is 33.1 Å². The fourth-order valence-corrected chi connectivity index (χ4v) is 2.77. The van der Waals surface area contributed by atoms with Crippen LogP contribution in [0.2, 0.25) is 5.02 Å². The number of benzene rings is 1. The molecule has 1 aromatic carbocycles. The molecule has 0 aromatic heterocycles. The summed E-state index contributed by atoms with van der Waals surface area (Å²) in [5, 5.41) is 3.76. The predicted octanol–water partition coefficient (Wildman–Crippen LogP) is 4.72. The molecule has 0 aliphatic heterocycles. The zero-order valence-corrected chi connectivity index (χ0v) is 11.1. The molecule has 1 aliphatic rings. The quantitative estimate of drug-likeness (QED) is 0.807. The van der Waals surface area contributed by atoms with E-state index in [1.165, 1.54) is 18.9 Å². The lowest BCUT2D eigenvalue weighted by Crippen LogP contribution is -2.33. The third kappa shape index (κ3) is 2.92. The van der Waals surface area contributed by atoms with Gasteiger partial charge in [-0.25, -0.2) is 4.39 Å². The van der Waals surface area contributed by atoms with Gasteiger partial charge in [0, 0.05) is 6.04 Å². The fraction of sp³-hybridized carbons (Fsp3) is 0.571. The van der Waals surface area contributed by atoms with E-state index in [1.807, 2.05) is 0 Å². The second-order valence-corrected chi connectivity index (χ2v) is 5.65.